The van der Waals surface area contributed by atoms with Gasteiger partial charge in [-0.2, -0.15) is 0 Å². The van der Waals surface area contributed by atoms with Gasteiger partial charge in [-0.05, 0) is 57.2 Å². The second-order valence-corrected chi connectivity index (χ2v) is 16.1. The quantitative estimate of drug-likeness (QED) is 0.0566. The molecule has 3 aromatic rings. The number of para-hydroxylation sites is 2. The molecule has 0 saturated heterocycles. The number of carbonyl (C=O) groups is 6. The number of aromatic nitrogens is 1. The third-order valence-corrected chi connectivity index (χ3v) is 9.60. The van der Waals surface area contributed by atoms with Crippen LogP contribution in [0.5, 0.6) is 11.5 Å². The first-order chi connectivity index (χ1) is 26.1. The molecule has 0 radical (unpaired) electrons. The highest BCUT2D eigenvalue weighted by Gasteiger charge is 2.39. The number of alkyl carbamates (subject to hydrolysis) is 1. The summed E-state index contributed by atoms with van der Waals surface area (Å²) in [6, 6.07) is 14.7. The van der Waals surface area contributed by atoms with E-state index >= 15 is 0 Å². The monoisotopic (exact) mass is 798 g/mol. The number of aliphatic hydroxyl groups excluding tert-OH is 1. The molecule has 3 rings (SSSR count). The van der Waals surface area contributed by atoms with Crippen LogP contribution in [0.2, 0.25) is 0 Å². The largest absolute Gasteiger partial charge is 0.448 e. The van der Waals surface area contributed by atoms with Crippen molar-refractivity contribution in [2.75, 3.05) is 37.7 Å². The molecule has 0 unspecified atom stereocenters. The molecule has 0 aliphatic rings. The van der Waals surface area contributed by atoms with Gasteiger partial charge in [0.25, 0.3) is 5.91 Å². The maximum Gasteiger partial charge on any atom is 0.407 e. The van der Waals surface area contributed by atoms with Gasteiger partial charge < -0.3 is 40.0 Å². The molecule has 1 atom stereocenters. The minimum absolute atomic E-state index is 0.0542. The van der Waals surface area contributed by atoms with E-state index in [0.717, 1.165) is 0 Å². The summed E-state index contributed by atoms with van der Waals surface area (Å²) in [6.45, 7) is 8.62. The van der Waals surface area contributed by atoms with Crippen LogP contribution in [-0.4, -0.2) is 95.4 Å². The van der Waals surface area contributed by atoms with Crippen molar-refractivity contribution in [3.05, 3.63) is 89.7 Å². The molecule has 0 aliphatic heterocycles. The van der Waals surface area contributed by atoms with Crippen LogP contribution in [0.1, 0.15) is 72.1 Å². The lowest BCUT2D eigenvalue weighted by Crippen LogP contribution is -2.48. The van der Waals surface area contributed by atoms with Gasteiger partial charge in [-0.1, -0.05) is 59.7 Å². The zero-order valence-corrected chi connectivity index (χ0v) is 32.9. The zero-order valence-electron chi connectivity index (χ0n) is 31.2. The summed E-state index contributed by atoms with van der Waals surface area (Å²) < 4.78 is 21.8. The Morgan fingerprint density at radius 1 is 0.727 bits per heavy atom. The first-order valence-electron chi connectivity index (χ1n) is 17.2. The van der Waals surface area contributed by atoms with Gasteiger partial charge in [0.15, 0.2) is 6.10 Å². The van der Waals surface area contributed by atoms with E-state index < -0.39 is 53.6 Å². The Balaban J connectivity index is 1.52. The summed E-state index contributed by atoms with van der Waals surface area (Å²) in [6.07, 6.45) is 0.780. The van der Waals surface area contributed by atoms with Gasteiger partial charge in [0, 0.05) is 55.4 Å². The number of hydrogen-bond acceptors (Lipinski definition) is 14. The van der Waals surface area contributed by atoms with Crippen LogP contribution in [-0.2, 0) is 19.1 Å². The first kappa shape index (κ1) is 44.3. The molecule has 3 amide bonds. The standard InChI is InChI=1S/C38H46N4O11S2/c1-37(2,3)53-36(49)42-20-22-55-54-21-19-40-30(44)16-18-41-32(45)31(38(4,5)24-43)52-35(48)27-13-7-9-15-29(27)51-34(47)26-12-6-8-14-28(26)50-33(46)25-11-10-17-39-23-25/h6-15,17,23,31,43H,16,18-22,24H2,1-5H3,(H,40,44)(H,41,45)(H,42,49)/t31-/m0/s1. The fourth-order valence-corrected chi connectivity index (χ4v) is 6.22. The van der Waals surface area contributed by atoms with Crippen molar-refractivity contribution in [2.45, 2.75) is 52.7 Å². The molecule has 1 heterocycles. The fraction of sp³-hybridized carbons (Fsp3) is 0.395. The van der Waals surface area contributed by atoms with Crippen molar-refractivity contribution >= 4 is 57.4 Å². The van der Waals surface area contributed by atoms with Crippen LogP contribution in [0.15, 0.2) is 73.1 Å². The van der Waals surface area contributed by atoms with Crippen molar-refractivity contribution in [3.8, 4) is 11.5 Å². The number of rotatable bonds is 19. The summed E-state index contributed by atoms with van der Waals surface area (Å²) in [7, 11) is 3.06. The lowest BCUT2D eigenvalue weighted by molar-refractivity contribution is -0.138. The number of ether oxygens (including phenoxy) is 4. The maximum atomic E-state index is 13.5. The zero-order chi connectivity index (χ0) is 40.4. The Kier molecular flexibility index (Phi) is 17.5. The third-order valence-electron chi connectivity index (χ3n) is 7.19. The Bertz CT molecular complexity index is 1790. The summed E-state index contributed by atoms with van der Waals surface area (Å²) in [5.41, 5.74) is -1.95. The maximum absolute atomic E-state index is 13.5. The summed E-state index contributed by atoms with van der Waals surface area (Å²) >= 11 is 0. The highest BCUT2D eigenvalue weighted by molar-refractivity contribution is 8.76. The van der Waals surface area contributed by atoms with Crippen molar-refractivity contribution in [3.63, 3.8) is 0 Å². The Hall–Kier alpha value is -5.13. The number of aliphatic hydroxyl groups is 1. The first-order valence-corrected chi connectivity index (χ1v) is 19.7. The number of hydrogen-bond donors (Lipinski definition) is 4. The average molecular weight is 799 g/mol. The minimum atomic E-state index is -1.50. The van der Waals surface area contributed by atoms with Crippen molar-refractivity contribution in [1.82, 2.24) is 20.9 Å². The van der Waals surface area contributed by atoms with E-state index in [4.69, 9.17) is 18.9 Å². The van der Waals surface area contributed by atoms with Crippen molar-refractivity contribution in [1.29, 1.82) is 0 Å². The van der Waals surface area contributed by atoms with Gasteiger partial charge in [-0.25, -0.2) is 19.2 Å². The lowest BCUT2D eigenvalue weighted by atomic mass is 9.86. The molecule has 17 heteroatoms. The van der Waals surface area contributed by atoms with E-state index in [9.17, 15) is 33.9 Å². The minimum Gasteiger partial charge on any atom is -0.448 e. The van der Waals surface area contributed by atoms with E-state index in [-0.39, 0.29) is 47.1 Å². The van der Waals surface area contributed by atoms with Crippen LogP contribution in [0, 0.1) is 5.41 Å². The van der Waals surface area contributed by atoms with E-state index in [1.165, 1.54) is 90.3 Å². The molecule has 15 nitrogen and oxygen atoms in total. The molecule has 0 saturated carbocycles. The highest BCUT2D eigenvalue weighted by Crippen LogP contribution is 2.28. The van der Waals surface area contributed by atoms with Gasteiger partial charge in [-0.15, -0.1) is 0 Å². The van der Waals surface area contributed by atoms with E-state index in [1.807, 2.05) is 0 Å². The molecule has 55 heavy (non-hydrogen) atoms. The molecular weight excluding hydrogens is 753 g/mol. The normalized spacial score (nSPS) is 11.7. The van der Waals surface area contributed by atoms with Gasteiger partial charge in [-0.3, -0.25) is 14.6 Å². The van der Waals surface area contributed by atoms with E-state index in [1.54, 1.807) is 39.0 Å². The van der Waals surface area contributed by atoms with Crippen LogP contribution in [0.3, 0.4) is 0 Å². The summed E-state index contributed by atoms with van der Waals surface area (Å²) in [5.74, 6) is -2.78. The SMILES string of the molecule is CC(C)(C)OC(=O)NCCSSCCNC(=O)CCNC(=O)[C@H](OC(=O)c1ccccc1OC(=O)c1ccccc1OC(=O)c1cccnc1)C(C)(C)CO. The van der Waals surface area contributed by atoms with Crippen molar-refractivity contribution < 1.29 is 52.8 Å². The Labute approximate surface area is 327 Å². The number of benzene rings is 2. The molecule has 0 spiro atoms. The van der Waals surface area contributed by atoms with Crippen LogP contribution >= 0.6 is 21.6 Å². The highest BCUT2D eigenvalue weighted by atomic mass is 33.1. The lowest BCUT2D eigenvalue weighted by Gasteiger charge is -2.31. The number of nitrogens with zero attached hydrogens (tertiary/aromatic N) is 1. The third kappa shape index (κ3) is 15.3. The van der Waals surface area contributed by atoms with Crippen LogP contribution in [0.25, 0.3) is 0 Å². The van der Waals surface area contributed by atoms with Gasteiger partial charge in [0.05, 0.1) is 12.2 Å². The molecule has 0 aliphatic carbocycles. The number of esters is 3. The summed E-state index contributed by atoms with van der Waals surface area (Å²) in [4.78, 5) is 80.6. The molecule has 1 aromatic heterocycles. The second kappa shape index (κ2) is 21.7. The predicted molar refractivity (Wildman–Crippen MR) is 207 cm³/mol. The topological polar surface area (TPSA) is 209 Å². The fourth-order valence-electron chi connectivity index (χ4n) is 4.41. The second-order valence-electron chi connectivity index (χ2n) is 13.4. The van der Waals surface area contributed by atoms with Crippen molar-refractivity contribution in [2.24, 2.45) is 5.41 Å². The van der Waals surface area contributed by atoms with Gasteiger partial charge in [0.2, 0.25) is 5.91 Å². The summed E-state index contributed by atoms with van der Waals surface area (Å²) in [5, 5.41) is 18.1. The predicted octanol–water partition coefficient (Wildman–Crippen LogP) is 4.59. The van der Waals surface area contributed by atoms with Crippen LogP contribution < -0.4 is 25.4 Å². The van der Waals surface area contributed by atoms with Crippen LogP contribution in [0.4, 0.5) is 4.79 Å². The molecule has 2 aromatic carbocycles. The molecular formula is C38H46N4O11S2. The van der Waals surface area contributed by atoms with Gasteiger partial charge in [0.1, 0.15) is 28.2 Å². The number of pyridine rings is 1. The van der Waals surface area contributed by atoms with Gasteiger partial charge >= 0.3 is 24.0 Å². The smallest absolute Gasteiger partial charge is 0.407 e. The molecule has 0 fully saturated rings. The van der Waals surface area contributed by atoms with E-state index in [2.05, 4.69) is 20.9 Å². The number of carbonyl (C=O) groups excluding carboxylic acids is 6. The Morgan fingerprint density at radius 3 is 1.89 bits per heavy atom. The molecule has 4 N–H and O–H groups in total. The molecule has 0 bridgehead atoms. The van der Waals surface area contributed by atoms with E-state index in [0.29, 0.717) is 24.6 Å². The number of amides is 3. The molecule has 296 valence electrons. The average Bonchev–Trinajstić information content (AvgIpc) is 3.14. The Morgan fingerprint density at radius 2 is 1.31 bits per heavy atom. The number of nitrogens with one attached hydrogen (secondary N) is 3.